The van der Waals surface area contributed by atoms with Gasteiger partial charge in [0.1, 0.15) is 0 Å². The summed E-state index contributed by atoms with van der Waals surface area (Å²) in [7, 11) is 0. The second-order valence-electron chi connectivity index (χ2n) is 1.45. The first kappa shape index (κ1) is 8.69. The van der Waals surface area contributed by atoms with Gasteiger partial charge in [0.15, 0.2) is 6.29 Å². The van der Waals surface area contributed by atoms with Crippen molar-refractivity contribution in [3.8, 4) is 0 Å². The standard InChI is InChI=1S/C4H8BrClO2/c5-3(6)1-2-4(7)8/h3-4,7-8H,1-2H2. The Morgan fingerprint density at radius 3 is 2.00 bits per heavy atom. The number of aliphatic hydroxyl groups excluding tert-OH is 1. The van der Waals surface area contributed by atoms with Crippen molar-refractivity contribution < 1.29 is 10.2 Å². The zero-order chi connectivity index (χ0) is 6.57. The van der Waals surface area contributed by atoms with Crippen LogP contribution in [-0.2, 0) is 0 Å². The number of aliphatic hydroxyl groups is 2. The van der Waals surface area contributed by atoms with Crippen molar-refractivity contribution in [2.24, 2.45) is 0 Å². The van der Waals surface area contributed by atoms with Crippen molar-refractivity contribution in [3.63, 3.8) is 0 Å². The fraction of sp³-hybridized carbons (Fsp3) is 1.00. The van der Waals surface area contributed by atoms with Crippen molar-refractivity contribution in [1.29, 1.82) is 0 Å². The average Bonchev–Trinajstić information content (AvgIpc) is 1.61. The van der Waals surface area contributed by atoms with Crippen LogP contribution in [0, 0.1) is 0 Å². The summed E-state index contributed by atoms with van der Waals surface area (Å²) in [5.41, 5.74) is 0. The van der Waals surface area contributed by atoms with Gasteiger partial charge in [-0.3, -0.25) is 0 Å². The summed E-state index contributed by atoms with van der Waals surface area (Å²) < 4.78 is -0.149. The molecule has 0 aromatic carbocycles. The highest BCUT2D eigenvalue weighted by Gasteiger charge is 2.01. The largest absolute Gasteiger partial charge is 0.368 e. The van der Waals surface area contributed by atoms with Crippen LogP contribution >= 0.6 is 27.5 Å². The van der Waals surface area contributed by atoms with E-state index in [-0.39, 0.29) is 4.29 Å². The first-order chi connectivity index (χ1) is 3.63. The van der Waals surface area contributed by atoms with Crippen LogP contribution in [0.25, 0.3) is 0 Å². The van der Waals surface area contributed by atoms with Gasteiger partial charge in [0, 0.05) is 6.42 Å². The Bertz CT molecular complexity index is 50.0. The molecule has 0 heterocycles. The van der Waals surface area contributed by atoms with Crippen molar-refractivity contribution in [1.82, 2.24) is 0 Å². The second-order valence-corrected chi connectivity index (χ2v) is 3.61. The lowest BCUT2D eigenvalue weighted by Crippen LogP contribution is -2.04. The van der Waals surface area contributed by atoms with E-state index < -0.39 is 6.29 Å². The molecule has 0 bridgehead atoms. The molecule has 2 nitrogen and oxygen atoms in total. The van der Waals surface area contributed by atoms with Gasteiger partial charge in [-0.15, -0.1) is 11.6 Å². The van der Waals surface area contributed by atoms with Crippen LogP contribution in [0.3, 0.4) is 0 Å². The molecule has 0 fully saturated rings. The third kappa shape index (κ3) is 6.69. The van der Waals surface area contributed by atoms with E-state index in [0.29, 0.717) is 12.8 Å². The molecule has 1 unspecified atom stereocenters. The third-order valence-corrected chi connectivity index (χ3v) is 1.32. The Morgan fingerprint density at radius 1 is 1.38 bits per heavy atom. The Kier molecular flexibility index (Phi) is 4.95. The Balaban J connectivity index is 2.93. The molecule has 0 aliphatic rings. The predicted octanol–water partition coefficient (Wildman–Crippen LogP) is 1.04. The maximum Gasteiger partial charge on any atom is 0.151 e. The van der Waals surface area contributed by atoms with Crippen LogP contribution in [0.4, 0.5) is 0 Å². The number of rotatable bonds is 3. The monoisotopic (exact) mass is 202 g/mol. The van der Waals surface area contributed by atoms with Crippen molar-refractivity contribution in [2.75, 3.05) is 0 Å². The molecule has 0 rings (SSSR count). The van der Waals surface area contributed by atoms with Crippen LogP contribution in [-0.4, -0.2) is 20.8 Å². The van der Waals surface area contributed by atoms with Gasteiger partial charge >= 0.3 is 0 Å². The molecular formula is C4H8BrClO2. The fourth-order valence-corrected chi connectivity index (χ4v) is 0.665. The van der Waals surface area contributed by atoms with E-state index in [1.807, 2.05) is 0 Å². The minimum atomic E-state index is -1.23. The van der Waals surface area contributed by atoms with E-state index in [9.17, 15) is 0 Å². The van der Waals surface area contributed by atoms with E-state index in [0.717, 1.165) is 0 Å². The molecule has 0 amide bonds. The van der Waals surface area contributed by atoms with Crippen molar-refractivity contribution in [3.05, 3.63) is 0 Å². The van der Waals surface area contributed by atoms with Crippen LogP contribution in [0.15, 0.2) is 0 Å². The Hall–Kier alpha value is 0.690. The summed E-state index contributed by atoms with van der Waals surface area (Å²) >= 11 is 8.46. The molecule has 0 spiro atoms. The lowest BCUT2D eigenvalue weighted by Gasteiger charge is -2.01. The average molecular weight is 203 g/mol. The molecule has 0 aromatic heterocycles. The lowest BCUT2D eigenvalue weighted by molar-refractivity contribution is -0.0454. The van der Waals surface area contributed by atoms with E-state index in [1.54, 1.807) is 0 Å². The Morgan fingerprint density at radius 2 is 1.88 bits per heavy atom. The van der Waals surface area contributed by atoms with E-state index in [2.05, 4.69) is 15.9 Å². The van der Waals surface area contributed by atoms with Gasteiger partial charge in [-0.2, -0.15) is 0 Å². The van der Waals surface area contributed by atoms with Crippen LogP contribution in [0.1, 0.15) is 12.8 Å². The highest BCUT2D eigenvalue weighted by Crippen LogP contribution is 2.12. The molecule has 50 valence electrons. The van der Waals surface area contributed by atoms with Gasteiger partial charge in [0.05, 0.1) is 4.29 Å². The topological polar surface area (TPSA) is 40.5 Å². The highest BCUT2D eigenvalue weighted by molar-refractivity contribution is 9.10. The molecule has 0 aliphatic heterocycles. The van der Waals surface area contributed by atoms with Gasteiger partial charge in [-0.1, -0.05) is 15.9 Å². The molecule has 0 aliphatic carbocycles. The summed E-state index contributed by atoms with van der Waals surface area (Å²) in [6.07, 6.45) is -0.340. The second kappa shape index (κ2) is 4.56. The number of halogens is 2. The lowest BCUT2D eigenvalue weighted by atomic mass is 10.3. The molecule has 8 heavy (non-hydrogen) atoms. The summed E-state index contributed by atoms with van der Waals surface area (Å²) in [6.45, 7) is 0. The van der Waals surface area contributed by atoms with Gasteiger partial charge in [0.25, 0.3) is 0 Å². The minimum absolute atomic E-state index is 0.149. The molecule has 4 heteroatoms. The number of hydrogen-bond acceptors (Lipinski definition) is 2. The SMILES string of the molecule is OC(O)CCC(Cl)Br. The molecular weight excluding hydrogens is 195 g/mol. The quantitative estimate of drug-likeness (QED) is 0.531. The van der Waals surface area contributed by atoms with Crippen LogP contribution < -0.4 is 0 Å². The highest BCUT2D eigenvalue weighted by atomic mass is 79.9. The zero-order valence-electron chi connectivity index (χ0n) is 4.22. The first-order valence-corrected chi connectivity index (χ1v) is 3.62. The summed E-state index contributed by atoms with van der Waals surface area (Å²) in [5.74, 6) is 0. The smallest absolute Gasteiger partial charge is 0.151 e. The maximum absolute atomic E-state index is 8.28. The van der Waals surface area contributed by atoms with Gasteiger partial charge in [0.2, 0.25) is 0 Å². The van der Waals surface area contributed by atoms with Gasteiger partial charge in [-0.25, -0.2) is 0 Å². The Labute approximate surface area is 61.6 Å². The molecule has 0 saturated heterocycles. The fourth-order valence-electron chi connectivity index (χ4n) is 0.275. The summed E-state index contributed by atoms with van der Waals surface area (Å²) in [4.78, 5) is 0. The van der Waals surface area contributed by atoms with Gasteiger partial charge < -0.3 is 10.2 Å². The molecule has 1 atom stereocenters. The van der Waals surface area contributed by atoms with Crippen LogP contribution in [0.5, 0.6) is 0 Å². The first-order valence-electron chi connectivity index (χ1n) is 2.27. The van der Waals surface area contributed by atoms with E-state index >= 15 is 0 Å². The van der Waals surface area contributed by atoms with Gasteiger partial charge in [-0.05, 0) is 6.42 Å². The molecule has 0 radical (unpaired) electrons. The zero-order valence-corrected chi connectivity index (χ0v) is 6.56. The minimum Gasteiger partial charge on any atom is -0.368 e. The van der Waals surface area contributed by atoms with E-state index in [1.165, 1.54) is 0 Å². The van der Waals surface area contributed by atoms with E-state index in [4.69, 9.17) is 21.8 Å². The number of hydrogen-bond donors (Lipinski definition) is 2. The van der Waals surface area contributed by atoms with Crippen molar-refractivity contribution in [2.45, 2.75) is 23.4 Å². The maximum atomic E-state index is 8.28. The third-order valence-electron chi connectivity index (χ3n) is 0.643. The summed E-state index contributed by atoms with van der Waals surface area (Å²) in [5, 5.41) is 16.6. The molecule has 2 N–H and O–H groups in total. The number of alkyl halides is 2. The predicted molar refractivity (Wildman–Crippen MR) is 36.0 cm³/mol. The molecule has 0 saturated carbocycles. The molecule has 0 aromatic rings. The van der Waals surface area contributed by atoms with Crippen LogP contribution in [0.2, 0.25) is 0 Å². The van der Waals surface area contributed by atoms with Crippen molar-refractivity contribution >= 4 is 27.5 Å². The normalized spacial score (nSPS) is 14.6. The summed E-state index contributed by atoms with van der Waals surface area (Å²) in [6, 6.07) is 0.